The van der Waals surface area contributed by atoms with Gasteiger partial charge in [0.15, 0.2) is 5.44 Å². The van der Waals surface area contributed by atoms with Crippen LogP contribution in [0.2, 0.25) is 0 Å². The Kier molecular flexibility index (Phi) is 15.0. The van der Waals surface area contributed by atoms with Crippen LogP contribution >= 0.6 is 11.8 Å². The molecule has 1 atom stereocenters. The second-order valence-electron chi connectivity index (χ2n) is 5.45. The quantitative estimate of drug-likeness (QED) is 0.336. The molecule has 20 heavy (non-hydrogen) atoms. The van der Waals surface area contributed by atoms with Crippen molar-refractivity contribution in [1.82, 2.24) is 0 Å². The number of aliphatic hydroxyl groups excluding tert-OH is 1. The molecule has 0 heterocycles. The lowest BCUT2D eigenvalue weighted by Gasteiger charge is -2.05. The molecule has 0 fully saturated rings. The van der Waals surface area contributed by atoms with E-state index in [0.29, 0.717) is 0 Å². The maximum absolute atomic E-state index is 10.4. The van der Waals surface area contributed by atoms with Crippen LogP contribution in [0.4, 0.5) is 0 Å². The van der Waals surface area contributed by atoms with E-state index in [4.69, 9.17) is 10.2 Å². The zero-order valence-corrected chi connectivity index (χ0v) is 13.8. The number of carboxylic acid groups (broad SMARTS) is 1. The highest BCUT2D eigenvalue weighted by atomic mass is 32.2. The molecule has 0 rings (SSSR count). The van der Waals surface area contributed by atoms with Crippen LogP contribution in [0.25, 0.3) is 0 Å². The first kappa shape index (κ1) is 19.8. The number of thioether (sulfide) groups is 1. The molecule has 0 radical (unpaired) electrons. The van der Waals surface area contributed by atoms with Gasteiger partial charge in [0.05, 0.1) is 0 Å². The van der Waals surface area contributed by atoms with Crippen LogP contribution < -0.4 is 0 Å². The summed E-state index contributed by atoms with van der Waals surface area (Å²) >= 11 is 1.12. The Morgan fingerprint density at radius 3 is 1.65 bits per heavy atom. The van der Waals surface area contributed by atoms with Gasteiger partial charge in [-0.05, 0) is 12.2 Å². The third kappa shape index (κ3) is 14.2. The van der Waals surface area contributed by atoms with E-state index >= 15 is 0 Å². The standard InChI is InChI=1S/C16H32O3S/c1-2-3-4-5-6-7-8-9-10-11-12-13-14-20-16(19)15(17)18/h16,19H,2-14H2,1H3,(H,17,18). The fourth-order valence-electron chi connectivity index (χ4n) is 2.21. The number of hydrogen-bond donors (Lipinski definition) is 2. The van der Waals surface area contributed by atoms with Crippen molar-refractivity contribution in [1.29, 1.82) is 0 Å². The number of carbonyl (C=O) groups is 1. The topological polar surface area (TPSA) is 57.5 Å². The lowest BCUT2D eigenvalue weighted by Crippen LogP contribution is -2.15. The predicted octanol–water partition coefficient (Wildman–Crippen LogP) is 4.82. The van der Waals surface area contributed by atoms with Gasteiger partial charge < -0.3 is 10.2 Å². The van der Waals surface area contributed by atoms with Gasteiger partial charge in [0.25, 0.3) is 0 Å². The van der Waals surface area contributed by atoms with Crippen LogP contribution in [0.3, 0.4) is 0 Å². The van der Waals surface area contributed by atoms with Crippen molar-refractivity contribution in [3.05, 3.63) is 0 Å². The molecular formula is C16H32O3S. The van der Waals surface area contributed by atoms with Crippen LogP contribution in [0.15, 0.2) is 0 Å². The highest BCUT2D eigenvalue weighted by Gasteiger charge is 2.11. The number of unbranched alkanes of at least 4 members (excludes halogenated alkanes) is 11. The molecule has 0 saturated carbocycles. The van der Waals surface area contributed by atoms with Gasteiger partial charge in [-0.1, -0.05) is 77.6 Å². The molecule has 0 aromatic rings. The van der Waals surface area contributed by atoms with Crippen molar-refractivity contribution in [3.8, 4) is 0 Å². The lowest BCUT2D eigenvalue weighted by atomic mass is 10.1. The van der Waals surface area contributed by atoms with Gasteiger partial charge >= 0.3 is 5.97 Å². The number of rotatable bonds is 15. The average Bonchev–Trinajstić information content (AvgIpc) is 2.43. The van der Waals surface area contributed by atoms with Gasteiger partial charge in [0.2, 0.25) is 0 Å². The number of aliphatic carboxylic acids is 1. The monoisotopic (exact) mass is 304 g/mol. The molecular weight excluding hydrogens is 272 g/mol. The Morgan fingerprint density at radius 1 is 0.850 bits per heavy atom. The molecule has 2 N–H and O–H groups in total. The van der Waals surface area contributed by atoms with Crippen LogP contribution in [-0.2, 0) is 4.79 Å². The summed E-state index contributed by atoms with van der Waals surface area (Å²) in [7, 11) is 0. The van der Waals surface area contributed by atoms with Crippen LogP contribution in [-0.4, -0.2) is 27.4 Å². The molecule has 1 unspecified atom stereocenters. The van der Waals surface area contributed by atoms with Crippen molar-refractivity contribution >= 4 is 17.7 Å². The Hall–Kier alpha value is -0.220. The summed E-state index contributed by atoms with van der Waals surface area (Å²) < 4.78 is 0. The van der Waals surface area contributed by atoms with Crippen LogP contribution in [0.5, 0.6) is 0 Å². The zero-order chi connectivity index (χ0) is 15.1. The van der Waals surface area contributed by atoms with Gasteiger partial charge in [-0.3, -0.25) is 0 Å². The van der Waals surface area contributed by atoms with Crippen molar-refractivity contribution in [2.24, 2.45) is 0 Å². The highest BCUT2D eigenvalue weighted by Crippen LogP contribution is 2.14. The van der Waals surface area contributed by atoms with E-state index in [0.717, 1.165) is 30.4 Å². The van der Waals surface area contributed by atoms with Gasteiger partial charge in [0, 0.05) is 0 Å². The Balaban J connectivity index is 3.04. The molecule has 120 valence electrons. The molecule has 0 aliphatic heterocycles. The summed E-state index contributed by atoms with van der Waals surface area (Å²) in [6.45, 7) is 2.25. The first-order chi connectivity index (χ1) is 9.68. The minimum absolute atomic E-state index is 0.741. The summed E-state index contributed by atoms with van der Waals surface area (Å²) in [5.41, 5.74) is -1.25. The van der Waals surface area contributed by atoms with E-state index in [1.54, 1.807) is 0 Å². The van der Waals surface area contributed by atoms with Gasteiger partial charge in [-0.25, -0.2) is 4.79 Å². The smallest absolute Gasteiger partial charge is 0.343 e. The molecule has 0 amide bonds. The first-order valence-electron chi connectivity index (χ1n) is 8.21. The Labute approximate surface area is 128 Å². The molecule has 4 heteroatoms. The van der Waals surface area contributed by atoms with Crippen molar-refractivity contribution in [3.63, 3.8) is 0 Å². The second kappa shape index (κ2) is 15.2. The predicted molar refractivity (Wildman–Crippen MR) is 87.2 cm³/mol. The molecule has 0 bridgehead atoms. The largest absolute Gasteiger partial charge is 0.479 e. The van der Waals surface area contributed by atoms with E-state index in [9.17, 15) is 4.79 Å². The summed E-state index contributed by atoms with van der Waals surface area (Å²) in [6.07, 6.45) is 15.7. The summed E-state index contributed by atoms with van der Waals surface area (Å²) in [6, 6.07) is 0. The van der Waals surface area contributed by atoms with Crippen molar-refractivity contribution < 1.29 is 15.0 Å². The number of aliphatic hydroxyl groups is 1. The Morgan fingerprint density at radius 2 is 1.25 bits per heavy atom. The van der Waals surface area contributed by atoms with Crippen molar-refractivity contribution in [2.75, 3.05) is 5.75 Å². The first-order valence-corrected chi connectivity index (χ1v) is 9.25. The molecule has 0 saturated heterocycles. The minimum atomic E-state index is -1.25. The molecule has 0 aromatic carbocycles. The average molecular weight is 304 g/mol. The van der Waals surface area contributed by atoms with Crippen LogP contribution in [0.1, 0.15) is 84.0 Å². The van der Waals surface area contributed by atoms with Crippen LogP contribution in [0, 0.1) is 0 Å². The zero-order valence-electron chi connectivity index (χ0n) is 13.0. The Bertz CT molecular complexity index is 222. The minimum Gasteiger partial charge on any atom is -0.479 e. The second-order valence-corrected chi connectivity index (χ2v) is 6.64. The third-order valence-electron chi connectivity index (χ3n) is 3.48. The van der Waals surface area contributed by atoms with Crippen molar-refractivity contribution in [2.45, 2.75) is 89.4 Å². The molecule has 3 nitrogen and oxygen atoms in total. The normalized spacial score (nSPS) is 12.5. The maximum atomic E-state index is 10.4. The fraction of sp³-hybridized carbons (Fsp3) is 0.938. The van der Waals surface area contributed by atoms with Gasteiger partial charge in [-0.2, -0.15) is 0 Å². The van der Waals surface area contributed by atoms with E-state index in [2.05, 4.69) is 6.92 Å². The summed E-state index contributed by atoms with van der Waals surface area (Å²) in [5, 5.41) is 17.6. The molecule has 0 aliphatic carbocycles. The SMILES string of the molecule is CCCCCCCCCCCCCCSC(O)C(=O)O. The molecule has 0 aromatic heterocycles. The maximum Gasteiger partial charge on any atom is 0.343 e. The van der Waals surface area contributed by atoms with Gasteiger partial charge in [-0.15, -0.1) is 11.8 Å². The summed E-state index contributed by atoms with van der Waals surface area (Å²) in [4.78, 5) is 10.4. The molecule has 0 aliphatic rings. The number of hydrogen-bond acceptors (Lipinski definition) is 3. The summed E-state index contributed by atoms with van der Waals surface area (Å²) in [5.74, 6) is -0.390. The third-order valence-corrected chi connectivity index (χ3v) is 4.53. The van der Waals surface area contributed by atoms with E-state index in [-0.39, 0.29) is 0 Å². The lowest BCUT2D eigenvalue weighted by molar-refractivity contribution is -0.141. The van der Waals surface area contributed by atoms with E-state index < -0.39 is 11.4 Å². The number of carboxylic acids is 1. The fourth-order valence-corrected chi connectivity index (χ4v) is 2.95. The van der Waals surface area contributed by atoms with E-state index in [1.807, 2.05) is 0 Å². The van der Waals surface area contributed by atoms with E-state index in [1.165, 1.54) is 64.2 Å². The van der Waals surface area contributed by atoms with Gasteiger partial charge in [0.1, 0.15) is 0 Å². The molecule has 0 spiro atoms. The highest BCUT2D eigenvalue weighted by molar-refractivity contribution is 8.00.